The third-order valence-electron chi connectivity index (χ3n) is 4.37. The molecule has 0 saturated heterocycles. The monoisotopic (exact) mass is 463 g/mol. The van der Waals surface area contributed by atoms with Crippen molar-refractivity contribution in [1.29, 1.82) is 0 Å². The molecule has 8 nitrogen and oxygen atoms in total. The SMILES string of the molecule is CCOc1ccc(Oc2ccc(NC(=O)Cc3csc(NC(=O)c4ccco4)n3)cc2)cc1. The van der Waals surface area contributed by atoms with E-state index < -0.39 is 5.91 Å². The molecule has 0 spiro atoms. The lowest BCUT2D eigenvalue weighted by molar-refractivity contribution is -0.115. The Morgan fingerprint density at radius 3 is 2.33 bits per heavy atom. The van der Waals surface area contributed by atoms with Gasteiger partial charge in [-0.3, -0.25) is 14.9 Å². The first-order valence-corrected chi connectivity index (χ1v) is 11.1. The average molecular weight is 464 g/mol. The molecule has 33 heavy (non-hydrogen) atoms. The fourth-order valence-electron chi connectivity index (χ4n) is 2.89. The highest BCUT2D eigenvalue weighted by Gasteiger charge is 2.13. The number of benzene rings is 2. The van der Waals surface area contributed by atoms with Crippen molar-refractivity contribution < 1.29 is 23.5 Å². The van der Waals surface area contributed by atoms with Gasteiger partial charge in [0, 0.05) is 11.1 Å². The summed E-state index contributed by atoms with van der Waals surface area (Å²) in [7, 11) is 0. The third kappa shape index (κ3) is 6.20. The van der Waals surface area contributed by atoms with Crippen LogP contribution in [0.2, 0.25) is 0 Å². The van der Waals surface area contributed by atoms with Crippen molar-refractivity contribution >= 4 is 34.0 Å². The zero-order chi connectivity index (χ0) is 23.0. The number of hydrogen-bond acceptors (Lipinski definition) is 7. The van der Waals surface area contributed by atoms with Gasteiger partial charge < -0.3 is 19.2 Å². The minimum atomic E-state index is -0.391. The highest BCUT2D eigenvalue weighted by Crippen LogP contribution is 2.25. The molecule has 0 radical (unpaired) electrons. The first kappa shape index (κ1) is 22.1. The molecule has 9 heteroatoms. The lowest BCUT2D eigenvalue weighted by atomic mass is 10.2. The molecule has 168 valence electrons. The standard InChI is InChI=1S/C24H21N3O5S/c1-2-30-18-9-11-20(12-10-18)32-19-7-5-16(6-8-19)25-22(28)14-17-15-33-24(26-17)27-23(29)21-4-3-13-31-21/h3-13,15H,2,14H2,1H3,(H,25,28)(H,26,27,29). The topological polar surface area (TPSA) is 103 Å². The van der Waals surface area contributed by atoms with E-state index >= 15 is 0 Å². The summed E-state index contributed by atoms with van der Waals surface area (Å²) >= 11 is 1.24. The van der Waals surface area contributed by atoms with E-state index in [1.807, 2.05) is 31.2 Å². The summed E-state index contributed by atoms with van der Waals surface area (Å²) in [6.07, 6.45) is 1.50. The van der Waals surface area contributed by atoms with Crippen LogP contribution >= 0.6 is 11.3 Å². The molecule has 2 N–H and O–H groups in total. The molecule has 2 heterocycles. The van der Waals surface area contributed by atoms with Crippen molar-refractivity contribution in [3.8, 4) is 17.2 Å². The number of furan rings is 1. The number of amides is 2. The molecule has 0 fully saturated rings. The molecule has 2 amide bonds. The van der Waals surface area contributed by atoms with Crippen LogP contribution in [0.3, 0.4) is 0 Å². The van der Waals surface area contributed by atoms with Gasteiger partial charge in [-0.25, -0.2) is 4.98 Å². The number of hydrogen-bond donors (Lipinski definition) is 2. The molecule has 4 aromatic rings. The third-order valence-corrected chi connectivity index (χ3v) is 5.17. The van der Waals surface area contributed by atoms with E-state index in [0.717, 1.165) is 5.75 Å². The van der Waals surface area contributed by atoms with Gasteiger partial charge in [0.1, 0.15) is 17.2 Å². The Labute approximate surface area is 194 Å². The predicted octanol–water partition coefficient (Wildman–Crippen LogP) is 5.36. The van der Waals surface area contributed by atoms with Crippen LogP contribution in [0.1, 0.15) is 23.2 Å². The van der Waals surface area contributed by atoms with Gasteiger partial charge in [-0.2, -0.15) is 0 Å². The maximum Gasteiger partial charge on any atom is 0.293 e. The van der Waals surface area contributed by atoms with E-state index in [9.17, 15) is 9.59 Å². The summed E-state index contributed by atoms with van der Waals surface area (Å²) in [5.41, 5.74) is 1.20. The number of nitrogens with one attached hydrogen (secondary N) is 2. The van der Waals surface area contributed by atoms with Gasteiger partial charge in [0.05, 0.1) is 25.0 Å². The van der Waals surface area contributed by atoms with E-state index in [-0.39, 0.29) is 18.1 Å². The Bertz CT molecular complexity index is 1200. The highest BCUT2D eigenvalue weighted by molar-refractivity contribution is 7.14. The fourth-order valence-corrected chi connectivity index (χ4v) is 3.60. The number of anilines is 2. The van der Waals surface area contributed by atoms with E-state index in [0.29, 0.717) is 34.6 Å². The lowest BCUT2D eigenvalue weighted by Crippen LogP contribution is -2.15. The van der Waals surface area contributed by atoms with Gasteiger partial charge in [-0.05, 0) is 67.6 Å². The summed E-state index contributed by atoms with van der Waals surface area (Å²) in [5.74, 6) is 1.71. The second-order valence-corrected chi connectivity index (χ2v) is 7.69. The predicted molar refractivity (Wildman–Crippen MR) is 125 cm³/mol. The van der Waals surface area contributed by atoms with Gasteiger partial charge >= 0.3 is 0 Å². The molecule has 0 bridgehead atoms. The number of rotatable bonds is 9. The minimum absolute atomic E-state index is 0.0809. The molecule has 0 atom stereocenters. The minimum Gasteiger partial charge on any atom is -0.494 e. The summed E-state index contributed by atoms with van der Waals surface area (Å²) < 4.78 is 16.3. The molecule has 0 aliphatic rings. The summed E-state index contributed by atoms with van der Waals surface area (Å²) in [6.45, 7) is 2.54. The van der Waals surface area contributed by atoms with Crippen molar-refractivity contribution in [2.24, 2.45) is 0 Å². The van der Waals surface area contributed by atoms with E-state index in [4.69, 9.17) is 13.9 Å². The second-order valence-electron chi connectivity index (χ2n) is 6.83. The summed E-state index contributed by atoms with van der Waals surface area (Å²) in [6, 6.07) is 17.6. The molecule has 0 aliphatic heterocycles. The van der Waals surface area contributed by atoms with Crippen LogP contribution in [0.15, 0.2) is 76.7 Å². The molecule has 2 aromatic carbocycles. The van der Waals surface area contributed by atoms with Crippen LogP contribution in [0, 0.1) is 0 Å². The number of thiazole rings is 1. The van der Waals surface area contributed by atoms with Gasteiger partial charge in [0.15, 0.2) is 10.9 Å². The van der Waals surface area contributed by atoms with Gasteiger partial charge in [0.25, 0.3) is 5.91 Å². The Hall–Kier alpha value is -4.11. The van der Waals surface area contributed by atoms with Crippen LogP contribution in [0.4, 0.5) is 10.8 Å². The molecular weight excluding hydrogens is 442 g/mol. The Morgan fingerprint density at radius 2 is 1.67 bits per heavy atom. The van der Waals surface area contributed by atoms with Crippen molar-refractivity contribution in [3.63, 3.8) is 0 Å². The fraction of sp³-hybridized carbons (Fsp3) is 0.125. The maximum atomic E-state index is 12.4. The quantitative estimate of drug-likeness (QED) is 0.346. The number of nitrogens with zero attached hydrogens (tertiary/aromatic N) is 1. The van der Waals surface area contributed by atoms with Crippen molar-refractivity contribution in [3.05, 3.63) is 83.8 Å². The van der Waals surface area contributed by atoms with E-state index in [1.54, 1.807) is 41.8 Å². The van der Waals surface area contributed by atoms with E-state index in [1.165, 1.54) is 17.6 Å². The number of aromatic nitrogens is 1. The zero-order valence-electron chi connectivity index (χ0n) is 17.7. The van der Waals surface area contributed by atoms with Crippen LogP contribution in [-0.2, 0) is 11.2 Å². The first-order valence-electron chi connectivity index (χ1n) is 10.2. The van der Waals surface area contributed by atoms with E-state index in [2.05, 4.69) is 15.6 Å². The molecule has 0 saturated carbocycles. The molecule has 4 rings (SSSR count). The average Bonchev–Trinajstić information content (AvgIpc) is 3.49. The van der Waals surface area contributed by atoms with Crippen molar-refractivity contribution in [2.75, 3.05) is 17.2 Å². The smallest absolute Gasteiger partial charge is 0.293 e. The Morgan fingerprint density at radius 1 is 0.970 bits per heavy atom. The summed E-state index contributed by atoms with van der Waals surface area (Å²) in [5, 5.41) is 7.60. The van der Waals surface area contributed by atoms with Crippen LogP contribution in [-0.4, -0.2) is 23.4 Å². The first-order chi connectivity index (χ1) is 16.1. The number of carbonyl (C=O) groups is 2. The van der Waals surface area contributed by atoms with Crippen molar-refractivity contribution in [2.45, 2.75) is 13.3 Å². The molecular formula is C24H21N3O5S. The number of ether oxygens (including phenoxy) is 2. The largest absolute Gasteiger partial charge is 0.494 e. The van der Waals surface area contributed by atoms with Gasteiger partial charge in [-0.15, -0.1) is 11.3 Å². The highest BCUT2D eigenvalue weighted by atomic mass is 32.1. The van der Waals surface area contributed by atoms with Crippen LogP contribution < -0.4 is 20.1 Å². The zero-order valence-corrected chi connectivity index (χ0v) is 18.6. The molecule has 2 aromatic heterocycles. The maximum absolute atomic E-state index is 12.4. The van der Waals surface area contributed by atoms with Gasteiger partial charge in [-0.1, -0.05) is 0 Å². The van der Waals surface area contributed by atoms with Gasteiger partial charge in [0.2, 0.25) is 5.91 Å². The Balaban J connectivity index is 1.27. The van der Waals surface area contributed by atoms with Crippen LogP contribution in [0.25, 0.3) is 0 Å². The molecule has 0 aliphatic carbocycles. The Kier molecular flexibility index (Phi) is 7.01. The number of carbonyl (C=O) groups excluding carboxylic acids is 2. The second kappa shape index (κ2) is 10.5. The van der Waals surface area contributed by atoms with Crippen molar-refractivity contribution in [1.82, 2.24) is 4.98 Å². The summed E-state index contributed by atoms with van der Waals surface area (Å²) in [4.78, 5) is 28.6. The van der Waals surface area contributed by atoms with Crippen LogP contribution in [0.5, 0.6) is 17.2 Å². The normalized spacial score (nSPS) is 10.5. The molecule has 0 unspecified atom stereocenters. The lowest BCUT2D eigenvalue weighted by Gasteiger charge is -2.09.